The van der Waals surface area contributed by atoms with E-state index in [9.17, 15) is 0 Å². The Balaban J connectivity index is 2.35. The van der Waals surface area contributed by atoms with E-state index in [1.54, 1.807) is 0 Å². The molecule has 3 heteroatoms. The predicted molar refractivity (Wildman–Crippen MR) is 87.0 cm³/mol. The molecule has 1 heterocycles. The summed E-state index contributed by atoms with van der Waals surface area (Å²) in [5, 5.41) is 3.72. The molecule has 1 fully saturated rings. The monoisotopic (exact) mass is 324 g/mol. The molecule has 0 radical (unpaired) electrons. The third kappa shape index (κ3) is 3.14. The summed E-state index contributed by atoms with van der Waals surface area (Å²) in [6.45, 7) is 11.2. The molecule has 1 saturated heterocycles. The predicted octanol–water partition coefficient (Wildman–Crippen LogP) is 4.11. The molecule has 19 heavy (non-hydrogen) atoms. The SMILES string of the molecule is CCC1CNC(C)(CC)CN1c1cc(C)ccc1Br. The molecule has 0 spiro atoms. The fraction of sp³-hybridized carbons (Fsp3) is 0.625. The molecule has 1 N–H and O–H groups in total. The number of nitrogens with one attached hydrogen (secondary N) is 1. The molecule has 0 aromatic heterocycles. The van der Waals surface area contributed by atoms with Crippen LogP contribution in [0.15, 0.2) is 22.7 Å². The third-order valence-electron chi connectivity index (χ3n) is 4.39. The van der Waals surface area contributed by atoms with E-state index in [0.717, 1.165) is 19.5 Å². The Morgan fingerprint density at radius 2 is 2.16 bits per heavy atom. The van der Waals surface area contributed by atoms with E-state index >= 15 is 0 Å². The Labute approximate surface area is 125 Å². The summed E-state index contributed by atoms with van der Waals surface area (Å²) in [5.74, 6) is 0. The lowest BCUT2D eigenvalue weighted by atomic mass is 9.92. The van der Waals surface area contributed by atoms with Crippen molar-refractivity contribution in [2.75, 3.05) is 18.0 Å². The van der Waals surface area contributed by atoms with Gasteiger partial charge in [-0.05, 0) is 60.3 Å². The van der Waals surface area contributed by atoms with Crippen LogP contribution in [0.1, 0.15) is 39.2 Å². The zero-order valence-corrected chi connectivity index (χ0v) is 14.0. The number of benzene rings is 1. The van der Waals surface area contributed by atoms with E-state index in [4.69, 9.17) is 0 Å². The van der Waals surface area contributed by atoms with Crippen molar-refractivity contribution in [2.45, 2.75) is 52.1 Å². The molecule has 0 bridgehead atoms. The second-order valence-electron chi connectivity index (χ2n) is 5.94. The van der Waals surface area contributed by atoms with Gasteiger partial charge in [0.05, 0.1) is 5.69 Å². The maximum Gasteiger partial charge on any atom is 0.0516 e. The van der Waals surface area contributed by atoms with Crippen molar-refractivity contribution in [2.24, 2.45) is 0 Å². The van der Waals surface area contributed by atoms with E-state index in [1.165, 1.54) is 22.1 Å². The van der Waals surface area contributed by atoms with Gasteiger partial charge < -0.3 is 10.2 Å². The van der Waals surface area contributed by atoms with Gasteiger partial charge in [-0.1, -0.05) is 19.9 Å². The summed E-state index contributed by atoms with van der Waals surface area (Å²) in [7, 11) is 0. The Hall–Kier alpha value is -0.540. The number of rotatable bonds is 3. The van der Waals surface area contributed by atoms with Crippen LogP contribution in [0.2, 0.25) is 0 Å². The molecule has 0 amide bonds. The lowest BCUT2D eigenvalue weighted by molar-refractivity contribution is 0.276. The van der Waals surface area contributed by atoms with Crippen molar-refractivity contribution in [3.8, 4) is 0 Å². The number of hydrogen-bond donors (Lipinski definition) is 1. The summed E-state index contributed by atoms with van der Waals surface area (Å²) < 4.78 is 1.21. The highest BCUT2D eigenvalue weighted by Gasteiger charge is 2.34. The Kier molecular flexibility index (Phi) is 4.57. The van der Waals surface area contributed by atoms with E-state index in [2.05, 4.69) is 72.0 Å². The van der Waals surface area contributed by atoms with Gasteiger partial charge in [0.2, 0.25) is 0 Å². The van der Waals surface area contributed by atoms with E-state index in [-0.39, 0.29) is 5.54 Å². The zero-order valence-electron chi connectivity index (χ0n) is 12.5. The fourth-order valence-corrected chi connectivity index (χ4v) is 3.24. The summed E-state index contributed by atoms with van der Waals surface area (Å²) in [6, 6.07) is 7.21. The smallest absolute Gasteiger partial charge is 0.0516 e. The highest BCUT2D eigenvalue weighted by molar-refractivity contribution is 9.10. The Morgan fingerprint density at radius 3 is 2.79 bits per heavy atom. The van der Waals surface area contributed by atoms with E-state index in [0.29, 0.717) is 6.04 Å². The Morgan fingerprint density at radius 1 is 1.42 bits per heavy atom. The topological polar surface area (TPSA) is 15.3 Å². The number of halogens is 1. The summed E-state index contributed by atoms with van der Waals surface area (Å²) in [5.41, 5.74) is 2.88. The first-order valence-corrected chi connectivity index (χ1v) is 8.06. The molecular weight excluding hydrogens is 300 g/mol. The van der Waals surface area contributed by atoms with Crippen LogP contribution in [0, 0.1) is 6.92 Å². The molecule has 1 aliphatic heterocycles. The minimum Gasteiger partial charge on any atom is -0.365 e. The molecule has 1 aromatic rings. The second-order valence-corrected chi connectivity index (χ2v) is 6.79. The van der Waals surface area contributed by atoms with Crippen LogP contribution < -0.4 is 10.2 Å². The average molecular weight is 325 g/mol. The molecule has 0 aliphatic carbocycles. The normalized spacial score (nSPS) is 27.6. The van der Waals surface area contributed by atoms with Crippen LogP contribution in [0.3, 0.4) is 0 Å². The van der Waals surface area contributed by atoms with Gasteiger partial charge >= 0.3 is 0 Å². The molecule has 106 valence electrons. The average Bonchev–Trinajstić information content (AvgIpc) is 2.41. The zero-order chi connectivity index (χ0) is 14.0. The first kappa shape index (κ1) is 14.9. The van der Waals surface area contributed by atoms with Gasteiger partial charge in [-0.15, -0.1) is 0 Å². The molecule has 2 atom stereocenters. The van der Waals surface area contributed by atoms with Crippen molar-refractivity contribution < 1.29 is 0 Å². The van der Waals surface area contributed by atoms with E-state index in [1.807, 2.05) is 0 Å². The first-order chi connectivity index (χ1) is 8.99. The minimum atomic E-state index is 0.217. The molecule has 0 saturated carbocycles. The number of nitrogens with zero attached hydrogens (tertiary/aromatic N) is 1. The number of anilines is 1. The standard InChI is InChI=1S/C16H25BrN2/c1-5-13-10-18-16(4,6-2)11-19(13)15-9-12(3)7-8-14(15)17/h7-9,13,18H,5-6,10-11H2,1-4H3. The lowest BCUT2D eigenvalue weighted by Crippen LogP contribution is -2.62. The van der Waals surface area contributed by atoms with Gasteiger partial charge in [0.1, 0.15) is 0 Å². The van der Waals surface area contributed by atoms with Gasteiger partial charge in [0.25, 0.3) is 0 Å². The van der Waals surface area contributed by atoms with Crippen LogP contribution in [-0.4, -0.2) is 24.7 Å². The molecular formula is C16H25BrN2. The highest BCUT2D eigenvalue weighted by Crippen LogP contribution is 2.33. The third-order valence-corrected chi connectivity index (χ3v) is 5.06. The fourth-order valence-electron chi connectivity index (χ4n) is 2.76. The molecule has 2 unspecified atom stereocenters. The first-order valence-electron chi connectivity index (χ1n) is 7.27. The van der Waals surface area contributed by atoms with Crippen molar-refractivity contribution in [1.29, 1.82) is 0 Å². The summed E-state index contributed by atoms with van der Waals surface area (Å²) in [4.78, 5) is 2.58. The number of hydrogen-bond acceptors (Lipinski definition) is 2. The summed E-state index contributed by atoms with van der Waals surface area (Å²) >= 11 is 3.72. The van der Waals surface area contributed by atoms with Crippen molar-refractivity contribution >= 4 is 21.6 Å². The van der Waals surface area contributed by atoms with Crippen molar-refractivity contribution in [1.82, 2.24) is 5.32 Å². The van der Waals surface area contributed by atoms with Crippen LogP contribution >= 0.6 is 15.9 Å². The maximum atomic E-state index is 3.72. The van der Waals surface area contributed by atoms with Gasteiger partial charge in [-0.2, -0.15) is 0 Å². The lowest BCUT2D eigenvalue weighted by Gasteiger charge is -2.47. The minimum absolute atomic E-state index is 0.217. The second kappa shape index (κ2) is 5.84. The van der Waals surface area contributed by atoms with Crippen LogP contribution in [0.25, 0.3) is 0 Å². The number of piperazine rings is 1. The van der Waals surface area contributed by atoms with Crippen LogP contribution in [0.4, 0.5) is 5.69 Å². The molecule has 1 aromatic carbocycles. The van der Waals surface area contributed by atoms with Crippen LogP contribution in [0.5, 0.6) is 0 Å². The van der Waals surface area contributed by atoms with Gasteiger partial charge in [-0.3, -0.25) is 0 Å². The summed E-state index contributed by atoms with van der Waals surface area (Å²) in [6.07, 6.45) is 2.33. The Bertz CT molecular complexity index is 446. The van der Waals surface area contributed by atoms with Gasteiger partial charge in [0, 0.05) is 29.1 Å². The van der Waals surface area contributed by atoms with Gasteiger partial charge in [0.15, 0.2) is 0 Å². The van der Waals surface area contributed by atoms with Gasteiger partial charge in [-0.25, -0.2) is 0 Å². The van der Waals surface area contributed by atoms with Crippen molar-refractivity contribution in [3.05, 3.63) is 28.2 Å². The van der Waals surface area contributed by atoms with Crippen molar-refractivity contribution in [3.63, 3.8) is 0 Å². The highest BCUT2D eigenvalue weighted by atomic mass is 79.9. The largest absolute Gasteiger partial charge is 0.365 e. The number of aryl methyl sites for hydroxylation is 1. The molecule has 1 aliphatic rings. The molecule has 2 rings (SSSR count). The van der Waals surface area contributed by atoms with Crippen LogP contribution in [-0.2, 0) is 0 Å². The molecule has 2 nitrogen and oxygen atoms in total. The quantitative estimate of drug-likeness (QED) is 0.899. The maximum absolute atomic E-state index is 3.72. The van der Waals surface area contributed by atoms with E-state index < -0.39 is 0 Å².